The van der Waals surface area contributed by atoms with Gasteiger partial charge in [-0.2, -0.15) is 0 Å². The van der Waals surface area contributed by atoms with Crippen molar-refractivity contribution in [1.82, 2.24) is 21.3 Å². The zero-order chi connectivity index (χ0) is 29.0. The van der Waals surface area contributed by atoms with Gasteiger partial charge in [-0.1, -0.05) is 99.2 Å². The average Bonchev–Trinajstić information content (AvgIpc) is 2.92. The third kappa shape index (κ3) is 14.4. The van der Waals surface area contributed by atoms with Crippen molar-refractivity contribution in [2.45, 2.75) is 76.3 Å². The van der Waals surface area contributed by atoms with Crippen LogP contribution < -0.4 is 21.3 Å². The lowest BCUT2D eigenvalue weighted by Gasteiger charge is -2.17. The summed E-state index contributed by atoms with van der Waals surface area (Å²) in [7, 11) is 0. The Bertz CT molecular complexity index is 952. The molecular weight excluding hydrogens is 512 g/mol. The number of unbranched alkanes of at least 4 members (excludes halogenated alkanes) is 7. The molecule has 0 aliphatic heterocycles. The molecule has 4 amide bonds. The quantitative estimate of drug-likeness (QED) is 0.142. The van der Waals surface area contributed by atoms with Gasteiger partial charge in [0.1, 0.15) is 0 Å². The van der Waals surface area contributed by atoms with Crippen molar-refractivity contribution in [3.8, 4) is 0 Å². The van der Waals surface area contributed by atoms with E-state index in [1.54, 1.807) is 0 Å². The first-order valence-electron chi connectivity index (χ1n) is 14.0. The molecule has 0 heterocycles. The molecule has 40 heavy (non-hydrogen) atoms. The maximum Gasteiger partial charge on any atom is 0.411 e. The van der Waals surface area contributed by atoms with Crippen molar-refractivity contribution in [3.05, 3.63) is 71.8 Å². The van der Waals surface area contributed by atoms with E-state index >= 15 is 0 Å². The van der Waals surface area contributed by atoms with Crippen LogP contribution in [-0.2, 0) is 22.4 Å². The van der Waals surface area contributed by atoms with E-state index in [2.05, 4.69) is 10.6 Å². The highest BCUT2D eigenvalue weighted by molar-refractivity contribution is 5.94. The molecule has 0 bridgehead atoms. The number of carboxylic acid groups (broad SMARTS) is 2. The van der Waals surface area contributed by atoms with Crippen LogP contribution in [0.4, 0.5) is 9.59 Å². The second kappa shape index (κ2) is 19.3. The number of carbonyl (C=O) groups is 4. The monoisotopic (exact) mass is 554 g/mol. The number of nitrogens with one attached hydrogen (secondary N) is 4. The molecule has 0 saturated carbocycles. The summed E-state index contributed by atoms with van der Waals surface area (Å²) in [5, 5.41) is 28.1. The molecule has 2 aromatic rings. The Balaban J connectivity index is 1.56. The first-order chi connectivity index (χ1) is 19.3. The largest absolute Gasteiger partial charge is 0.465 e. The molecule has 6 N–H and O–H groups in total. The topological polar surface area (TPSA) is 157 Å². The van der Waals surface area contributed by atoms with E-state index in [9.17, 15) is 19.2 Å². The van der Waals surface area contributed by atoms with Crippen molar-refractivity contribution in [1.29, 1.82) is 0 Å². The molecule has 218 valence electrons. The van der Waals surface area contributed by atoms with Crippen molar-refractivity contribution in [3.63, 3.8) is 0 Å². The molecule has 10 nitrogen and oxygen atoms in total. The third-order valence-electron chi connectivity index (χ3n) is 6.54. The summed E-state index contributed by atoms with van der Waals surface area (Å²) >= 11 is 0. The highest BCUT2D eigenvalue weighted by atomic mass is 16.4. The second-order valence-electron chi connectivity index (χ2n) is 9.81. The molecule has 0 spiro atoms. The maximum absolute atomic E-state index is 12.3. The molecule has 2 rings (SSSR count). The minimum Gasteiger partial charge on any atom is -0.465 e. The number of carbonyl (C=O) groups excluding carboxylic acids is 2. The Labute approximate surface area is 235 Å². The molecule has 0 saturated heterocycles. The van der Waals surface area contributed by atoms with Crippen LogP contribution >= 0.6 is 0 Å². The zero-order valence-electron chi connectivity index (χ0n) is 22.9. The number of rotatable bonds is 19. The Hall–Kier alpha value is -3.76. The van der Waals surface area contributed by atoms with Crippen molar-refractivity contribution < 1.29 is 29.4 Å². The fraction of sp³-hybridized carbons (Fsp3) is 0.467. The van der Waals surface area contributed by atoms with Gasteiger partial charge in [-0.05, 0) is 49.9 Å². The van der Waals surface area contributed by atoms with Gasteiger partial charge in [0, 0.05) is 0 Å². The van der Waals surface area contributed by atoms with Crippen LogP contribution in [-0.4, -0.2) is 59.4 Å². The molecule has 2 aromatic carbocycles. The normalized spacial score (nSPS) is 12.3. The Morgan fingerprint density at radius 3 is 1.18 bits per heavy atom. The molecule has 2 unspecified atom stereocenters. The van der Waals surface area contributed by atoms with E-state index in [4.69, 9.17) is 10.2 Å². The highest BCUT2D eigenvalue weighted by Crippen LogP contribution is 2.10. The van der Waals surface area contributed by atoms with Gasteiger partial charge in [-0.3, -0.25) is 20.2 Å². The Kier molecular flexibility index (Phi) is 15.7. The predicted octanol–water partition coefficient (Wildman–Crippen LogP) is 4.10. The lowest BCUT2D eigenvalue weighted by atomic mass is 10.0. The van der Waals surface area contributed by atoms with Gasteiger partial charge in [0.15, 0.2) is 0 Å². The van der Waals surface area contributed by atoms with Crippen molar-refractivity contribution >= 4 is 24.0 Å². The fourth-order valence-corrected chi connectivity index (χ4v) is 4.46. The Morgan fingerprint density at radius 2 is 0.850 bits per heavy atom. The van der Waals surface area contributed by atoms with Gasteiger partial charge < -0.3 is 20.8 Å². The van der Waals surface area contributed by atoms with E-state index in [0.717, 1.165) is 62.5 Å². The minimum absolute atomic E-state index is 0.423. The van der Waals surface area contributed by atoms with Crippen LogP contribution in [0.15, 0.2) is 60.7 Å². The fourth-order valence-electron chi connectivity index (χ4n) is 4.46. The number of hydrogen-bond acceptors (Lipinski definition) is 6. The first kappa shape index (κ1) is 32.5. The molecule has 2 atom stereocenters. The number of imide groups is 2. The van der Waals surface area contributed by atoms with Crippen molar-refractivity contribution in [2.24, 2.45) is 0 Å². The molecule has 0 aromatic heterocycles. The number of amides is 4. The van der Waals surface area contributed by atoms with Crippen LogP contribution in [0.25, 0.3) is 0 Å². The van der Waals surface area contributed by atoms with Gasteiger partial charge in [-0.15, -0.1) is 0 Å². The highest BCUT2D eigenvalue weighted by Gasteiger charge is 2.21. The molecule has 0 aliphatic rings. The van der Waals surface area contributed by atoms with Gasteiger partial charge in [0.2, 0.25) is 11.8 Å². The van der Waals surface area contributed by atoms with E-state index in [0.29, 0.717) is 25.9 Å². The first-order valence-corrected chi connectivity index (χ1v) is 14.0. The summed E-state index contributed by atoms with van der Waals surface area (Å²) in [6.07, 6.45) is 6.37. The molecule has 0 aliphatic carbocycles. The summed E-state index contributed by atoms with van der Waals surface area (Å²) in [6.45, 7) is 1.27. The van der Waals surface area contributed by atoms with Gasteiger partial charge in [0.25, 0.3) is 0 Å². The van der Waals surface area contributed by atoms with Gasteiger partial charge >= 0.3 is 12.2 Å². The Morgan fingerprint density at radius 1 is 0.525 bits per heavy atom. The van der Waals surface area contributed by atoms with Gasteiger partial charge in [-0.25, -0.2) is 9.59 Å². The molecule has 10 heteroatoms. The lowest BCUT2D eigenvalue weighted by molar-refractivity contribution is -0.123. The average molecular weight is 555 g/mol. The summed E-state index contributed by atoms with van der Waals surface area (Å²) in [5.74, 6) is -1.08. The smallest absolute Gasteiger partial charge is 0.411 e. The van der Waals surface area contributed by atoms with E-state index in [1.807, 2.05) is 71.3 Å². The molecular formula is C30H42N4O6. The van der Waals surface area contributed by atoms with E-state index in [-0.39, 0.29) is 0 Å². The van der Waals surface area contributed by atoms with E-state index in [1.165, 1.54) is 0 Å². The summed E-state index contributed by atoms with van der Waals surface area (Å²) in [4.78, 5) is 46.3. The number of benzene rings is 2. The lowest BCUT2D eigenvalue weighted by Crippen LogP contribution is -2.47. The number of hydrogen-bond donors (Lipinski definition) is 6. The van der Waals surface area contributed by atoms with Crippen LogP contribution in [0.5, 0.6) is 0 Å². The standard InChI is InChI=1S/C30H42N4O6/c35-27(33-29(37)38)25(21-23-15-9-7-10-16-23)31-19-13-5-3-1-2-4-6-14-20-32-26(28(36)34-30(39)40)22-24-17-11-8-12-18-24/h7-12,15-18,25-26,31-32H,1-6,13-14,19-22H2,(H,33,35)(H,34,36)(H,37,38)(H,39,40). The van der Waals surface area contributed by atoms with Crippen LogP contribution in [0.1, 0.15) is 62.5 Å². The van der Waals surface area contributed by atoms with E-state index < -0.39 is 36.1 Å². The SMILES string of the molecule is O=C(O)NC(=O)C(Cc1ccccc1)NCCCCCCCCCCNC(Cc1ccccc1)C(=O)NC(=O)O. The minimum atomic E-state index is -1.35. The van der Waals surface area contributed by atoms with Crippen LogP contribution in [0.3, 0.4) is 0 Å². The predicted molar refractivity (Wildman–Crippen MR) is 153 cm³/mol. The molecule has 0 fully saturated rings. The second-order valence-corrected chi connectivity index (χ2v) is 9.81. The zero-order valence-corrected chi connectivity index (χ0v) is 22.9. The molecule has 0 radical (unpaired) electrons. The van der Waals surface area contributed by atoms with Crippen LogP contribution in [0.2, 0.25) is 0 Å². The maximum atomic E-state index is 12.3. The van der Waals surface area contributed by atoms with Crippen LogP contribution in [0, 0.1) is 0 Å². The third-order valence-corrected chi connectivity index (χ3v) is 6.54. The summed E-state index contributed by atoms with van der Waals surface area (Å²) < 4.78 is 0. The van der Waals surface area contributed by atoms with Gasteiger partial charge in [0.05, 0.1) is 12.1 Å². The summed E-state index contributed by atoms with van der Waals surface area (Å²) in [5.41, 5.74) is 1.93. The summed E-state index contributed by atoms with van der Waals surface area (Å²) in [6, 6.07) is 17.8. The van der Waals surface area contributed by atoms with Crippen molar-refractivity contribution in [2.75, 3.05) is 13.1 Å².